The first-order valence-electron chi connectivity index (χ1n) is 10.3. The van der Waals surface area contributed by atoms with Crippen molar-refractivity contribution in [2.24, 2.45) is 5.73 Å². The summed E-state index contributed by atoms with van der Waals surface area (Å²) in [6, 6.07) is 13.4. The van der Waals surface area contributed by atoms with Crippen molar-refractivity contribution < 1.29 is 18.0 Å². The molecule has 2 aromatic carbocycles. The third kappa shape index (κ3) is 6.52. The highest BCUT2D eigenvalue weighted by atomic mass is 35.5. The number of carbonyl (C=O) groups is 2. The molecule has 0 radical (unpaired) electrons. The first-order chi connectivity index (χ1) is 15.3. The average molecular weight is 479 g/mol. The zero-order valence-electron chi connectivity index (χ0n) is 17.6. The van der Waals surface area contributed by atoms with Gasteiger partial charge < -0.3 is 16.0 Å². The molecule has 1 atom stereocenters. The molecule has 2 amide bonds. The predicted molar refractivity (Wildman–Crippen MR) is 123 cm³/mol. The standard InChI is InChI=1S/C22H27ClN4O4S/c23-19-9-8-17(12-24)18(11-19)13-25-22(29)20-7-4-10-27(20)21(28)14-26-32(30,31)15-16-5-2-1-3-6-16/h1-3,5-6,8-9,11,20,26H,4,7,10,12-15,24H2,(H,25,29)/t20-/m0/s1. The predicted octanol–water partition coefficient (Wildman–Crippen LogP) is 1.53. The molecule has 0 bridgehead atoms. The maximum absolute atomic E-state index is 12.8. The van der Waals surface area contributed by atoms with Crippen molar-refractivity contribution in [2.75, 3.05) is 13.1 Å². The van der Waals surface area contributed by atoms with Gasteiger partial charge in [0.15, 0.2) is 0 Å². The first kappa shape index (κ1) is 24.2. The largest absolute Gasteiger partial charge is 0.350 e. The normalized spacial score (nSPS) is 16.2. The number of rotatable bonds is 9. The van der Waals surface area contributed by atoms with Gasteiger partial charge in [0.05, 0.1) is 12.3 Å². The minimum atomic E-state index is -3.68. The zero-order chi connectivity index (χ0) is 23.1. The van der Waals surface area contributed by atoms with Crippen LogP contribution in [0.3, 0.4) is 0 Å². The number of hydrogen-bond donors (Lipinski definition) is 3. The number of amides is 2. The van der Waals surface area contributed by atoms with Crippen LogP contribution in [0.4, 0.5) is 0 Å². The fourth-order valence-electron chi connectivity index (χ4n) is 3.71. The lowest BCUT2D eigenvalue weighted by Crippen LogP contribution is -2.48. The Kier molecular flexibility index (Phi) is 8.25. The van der Waals surface area contributed by atoms with Gasteiger partial charge in [-0.25, -0.2) is 13.1 Å². The Morgan fingerprint density at radius 1 is 1.12 bits per heavy atom. The summed E-state index contributed by atoms with van der Waals surface area (Å²) >= 11 is 6.04. The molecule has 0 aromatic heterocycles. The lowest BCUT2D eigenvalue weighted by Gasteiger charge is -2.24. The van der Waals surface area contributed by atoms with Crippen molar-refractivity contribution in [3.63, 3.8) is 0 Å². The second-order valence-corrected chi connectivity index (χ2v) is 9.89. The van der Waals surface area contributed by atoms with Gasteiger partial charge in [0.25, 0.3) is 0 Å². The molecule has 1 aliphatic heterocycles. The van der Waals surface area contributed by atoms with E-state index in [0.29, 0.717) is 36.5 Å². The molecule has 2 aromatic rings. The summed E-state index contributed by atoms with van der Waals surface area (Å²) in [5.74, 6) is -0.927. The van der Waals surface area contributed by atoms with Gasteiger partial charge >= 0.3 is 0 Å². The van der Waals surface area contributed by atoms with Crippen molar-refractivity contribution in [3.05, 3.63) is 70.2 Å². The van der Waals surface area contributed by atoms with E-state index in [0.717, 1.165) is 11.1 Å². The van der Waals surface area contributed by atoms with E-state index in [1.165, 1.54) is 4.90 Å². The SMILES string of the molecule is NCc1ccc(Cl)cc1CNC(=O)[C@@H]1CCCN1C(=O)CNS(=O)(=O)Cc1ccccc1. The average Bonchev–Trinajstić information content (AvgIpc) is 3.26. The molecule has 0 aliphatic carbocycles. The van der Waals surface area contributed by atoms with Crippen LogP contribution in [0.2, 0.25) is 5.02 Å². The summed E-state index contributed by atoms with van der Waals surface area (Å²) in [7, 11) is -3.68. The molecule has 32 heavy (non-hydrogen) atoms. The van der Waals surface area contributed by atoms with Crippen molar-refractivity contribution in [3.8, 4) is 0 Å². The van der Waals surface area contributed by atoms with Crippen LogP contribution < -0.4 is 15.8 Å². The van der Waals surface area contributed by atoms with Gasteiger partial charge in [0, 0.05) is 24.7 Å². The summed E-state index contributed by atoms with van der Waals surface area (Å²) in [5.41, 5.74) is 8.07. The molecule has 1 fully saturated rings. The lowest BCUT2D eigenvalue weighted by atomic mass is 10.1. The number of benzene rings is 2. The Hall–Kier alpha value is -2.46. The van der Waals surface area contributed by atoms with E-state index in [1.807, 2.05) is 6.07 Å². The van der Waals surface area contributed by atoms with Crippen LogP contribution in [-0.4, -0.2) is 44.3 Å². The van der Waals surface area contributed by atoms with Crippen LogP contribution in [0.25, 0.3) is 0 Å². The quantitative estimate of drug-likeness (QED) is 0.504. The highest BCUT2D eigenvalue weighted by Gasteiger charge is 2.34. The van der Waals surface area contributed by atoms with Gasteiger partial charge in [-0.1, -0.05) is 48.0 Å². The van der Waals surface area contributed by atoms with E-state index in [9.17, 15) is 18.0 Å². The van der Waals surface area contributed by atoms with Crippen molar-refractivity contribution >= 4 is 33.4 Å². The Balaban J connectivity index is 1.55. The van der Waals surface area contributed by atoms with E-state index >= 15 is 0 Å². The summed E-state index contributed by atoms with van der Waals surface area (Å²) in [5, 5.41) is 3.40. The number of sulfonamides is 1. The maximum Gasteiger partial charge on any atom is 0.243 e. The topological polar surface area (TPSA) is 122 Å². The molecule has 1 saturated heterocycles. The number of hydrogen-bond acceptors (Lipinski definition) is 5. The molecule has 0 spiro atoms. The zero-order valence-corrected chi connectivity index (χ0v) is 19.2. The molecule has 8 nitrogen and oxygen atoms in total. The molecule has 0 saturated carbocycles. The molecular formula is C22H27ClN4O4S. The van der Waals surface area contributed by atoms with Gasteiger partial charge in [0.2, 0.25) is 21.8 Å². The van der Waals surface area contributed by atoms with E-state index in [2.05, 4.69) is 10.0 Å². The second kappa shape index (κ2) is 10.9. The molecule has 172 valence electrons. The van der Waals surface area contributed by atoms with E-state index < -0.39 is 22.0 Å². The molecular weight excluding hydrogens is 452 g/mol. The summed E-state index contributed by atoms with van der Waals surface area (Å²) in [6.07, 6.45) is 1.19. The van der Waals surface area contributed by atoms with Crippen LogP contribution in [0.1, 0.15) is 29.5 Å². The van der Waals surface area contributed by atoms with Crippen LogP contribution >= 0.6 is 11.6 Å². The lowest BCUT2D eigenvalue weighted by molar-refractivity contribution is -0.137. The van der Waals surface area contributed by atoms with Gasteiger partial charge in [-0.15, -0.1) is 0 Å². The van der Waals surface area contributed by atoms with Gasteiger partial charge in [-0.2, -0.15) is 0 Å². The fourth-order valence-corrected chi connectivity index (χ4v) is 4.99. The highest BCUT2D eigenvalue weighted by Crippen LogP contribution is 2.19. The fraction of sp³-hybridized carbons (Fsp3) is 0.364. The molecule has 1 heterocycles. The second-order valence-electron chi connectivity index (χ2n) is 7.65. The number of likely N-dealkylation sites (tertiary alicyclic amines) is 1. The number of carbonyl (C=O) groups excluding carboxylic acids is 2. The Labute approximate surface area is 193 Å². The summed E-state index contributed by atoms with van der Waals surface area (Å²) in [4.78, 5) is 26.8. The molecule has 4 N–H and O–H groups in total. The summed E-state index contributed by atoms with van der Waals surface area (Å²) < 4.78 is 26.9. The number of nitrogens with zero attached hydrogens (tertiary/aromatic N) is 1. The van der Waals surface area contributed by atoms with Crippen LogP contribution in [0.15, 0.2) is 48.5 Å². The smallest absolute Gasteiger partial charge is 0.243 e. The molecule has 1 aliphatic rings. The first-order valence-corrected chi connectivity index (χ1v) is 12.4. The number of nitrogens with two attached hydrogens (primary N) is 1. The minimum Gasteiger partial charge on any atom is -0.350 e. The Morgan fingerprint density at radius 3 is 2.59 bits per heavy atom. The van der Waals surface area contributed by atoms with Gasteiger partial charge in [-0.05, 0) is 41.7 Å². The third-order valence-electron chi connectivity index (χ3n) is 5.36. The highest BCUT2D eigenvalue weighted by molar-refractivity contribution is 7.88. The minimum absolute atomic E-state index is 0.214. The van der Waals surface area contributed by atoms with Gasteiger partial charge in [-0.3, -0.25) is 9.59 Å². The van der Waals surface area contributed by atoms with E-state index in [1.54, 1.807) is 42.5 Å². The molecule has 10 heteroatoms. The van der Waals surface area contributed by atoms with Crippen molar-refractivity contribution in [1.29, 1.82) is 0 Å². The molecule has 3 rings (SSSR count). The van der Waals surface area contributed by atoms with E-state index in [4.69, 9.17) is 17.3 Å². The Bertz CT molecular complexity index is 1060. The van der Waals surface area contributed by atoms with Crippen molar-refractivity contribution in [1.82, 2.24) is 14.9 Å². The van der Waals surface area contributed by atoms with Gasteiger partial charge in [0.1, 0.15) is 6.04 Å². The maximum atomic E-state index is 12.8. The van der Waals surface area contributed by atoms with E-state index in [-0.39, 0.29) is 24.7 Å². The third-order valence-corrected chi connectivity index (χ3v) is 6.89. The number of nitrogens with one attached hydrogen (secondary N) is 2. The summed E-state index contributed by atoms with van der Waals surface area (Å²) in [6.45, 7) is 0.584. The van der Waals surface area contributed by atoms with Crippen LogP contribution in [0.5, 0.6) is 0 Å². The monoisotopic (exact) mass is 478 g/mol. The van der Waals surface area contributed by atoms with Crippen molar-refractivity contribution in [2.45, 2.75) is 37.7 Å². The Morgan fingerprint density at radius 2 is 1.88 bits per heavy atom. The number of halogens is 1. The van der Waals surface area contributed by atoms with Crippen LogP contribution in [0, 0.1) is 0 Å². The molecule has 0 unspecified atom stereocenters. The van der Waals surface area contributed by atoms with Crippen LogP contribution in [-0.2, 0) is 38.5 Å².